The number of piperidine rings is 1. The first kappa shape index (κ1) is 22.4. The van der Waals surface area contributed by atoms with E-state index in [1.165, 1.54) is 5.01 Å². The highest BCUT2D eigenvalue weighted by atomic mass is 32.1. The lowest BCUT2D eigenvalue weighted by Gasteiger charge is -2.38. The van der Waals surface area contributed by atoms with Crippen LogP contribution in [0.5, 0.6) is 0 Å². The summed E-state index contributed by atoms with van der Waals surface area (Å²) in [6.45, 7) is 13.9. The number of thiazole rings is 1. The van der Waals surface area contributed by atoms with Gasteiger partial charge in [-0.2, -0.15) is 0 Å². The summed E-state index contributed by atoms with van der Waals surface area (Å²) in [7, 11) is 2.04. The van der Waals surface area contributed by atoms with Crippen molar-refractivity contribution in [1.82, 2.24) is 29.2 Å². The topological polar surface area (TPSA) is 57.5 Å². The maximum absolute atomic E-state index is 13.1. The van der Waals surface area contributed by atoms with E-state index in [2.05, 4.69) is 50.4 Å². The van der Waals surface area contributed by atoms with Gasteiger partial charge in [-0.15, -0.1) is 11.3 Å². The van der Waals surface area contributed by atoms with Crippen LogP contribution in [0.2, 0.25) is 0 Å². The molecule has 4 rings (SSSR count). The number of piperazine rings is 1. The van der Waals surface area contributed by atoms with Gasteiger partial charge in [-0.1, -0.05) is 20.8 Å². The predicted octanol–water partition coefficient (Wildman–Crippen LogP) is 2.73. The molecule has 0 unspecified atom stereocenters. The number of carbonyl (C=O) groups is 1. The third-order valence-electron chi connectivity index (χ3n) is 6.49. The van der Waals surface area contributed by atoms with Crippen molar-refractivity contribution in [3.63, 3.8) is 0 Å². The first-order chi connectivity index (χ1) is 14.8. The number of nitrogens with zero attached hydrogens (tertiary/aromatic N) is 6. The van der Waals surface area contributed by atoms with Crippen LogP contribution >= 0.6 is 11.3 Å². The maximum Gasteiger partial charge on any atom is 0.225 e. The predicted molar refractivity (Wildman–Crippen MR) is 124 cm³/mol. The number of aryl methyl sites for hydroxylation is 1. The van der Waals surface area contributed by atoms with Crippen molar-refractivity contribution in [1.29, 1.82) is 0 Å². The molecule has 2 aromatic rings. The summed E-state index contributed by atoms with van der Waals surface area (Å²) in [6.07, 6.45) is 5.75. The van der Waals surface area contributed by atoms with Gasteiger partial charge >= 0.3 is 0 Å². The molecule has 0 N–H and O–H groups in total. The third kappa shape index (κ3) is 5.54. The standard InChI is InChI=1S/C23H36N6OS/c1-23(2,3)22-25-19(17-31-22)15-28-11-13-29(14-12-28)21(30)18-5-8-27(9-6-18)16-20-24-7-10-26(20)4/h7,10,17-18H,5-6,8-9,11-16H2,1-4H3. The Labute approximate surface area is 190 Å². The van der Waals surface area contributed by atoms with Gasteiger partial charge in [-0.3, -0.25) is 14.6 Å². The largest absolute Gasteiger partial charge is 0.340 e. The van der Waals surface area contributed by atoms with Gasteiger partial charge in [0.25, 0.3) is 0 Å². The van der Waals surface area contributed by atoms with Crippen LogP contribution in [0, 0.1) is 5.92 Å². The zero-order valence-electron chi connectivity index (χ0n) is 19.4. The normalized spacial score (nSPS) is 19.8. The Morgan fingerprint density at radius 2 is 1.74 bits per heavy atom. The van der Waals surface area contributed by atoms with Crippen molar-refractivity contribution in [2.45, 2.75) is 52.1 Å². The number of likely N-dealkylation sites (tertiary alicyclic amines) is 1. The summed E-state index contributed by atoms with van der Waals surface area (Å²) in [4.78, 5) is 29.3. The summed E-state index contributed by atoms with van der Waals surface area (Å²) in [6, 6.07) is 0. The third-order valence-corrected chi connectivity index (χ3v) is 7.80. The molecule has 170 valence electrons. The second-order valence-electron chi connectivity index (χ2n) is 10.0. The van der Waals surface area contributed by atoms with E-state index in [9.17, 15) is 4.79 Å². The minimum Gasteiger partial charge on any atom is -0.340 e. The lowest BCUT2D eigenvalue weighted by atomic mass is 9.95. The number of hydrogen-bond donors (Lipinski definition) is 0. The summed E-state index contributed by atoms with van der Waals surface area (Å²) in [5.41, 5.74) is 1.27. The molecular weight excluding hydrogens is 408 g/mol. The zero-order valence-corrected chi connectivity index (χ0v) is 20.2. The molecule has 4 heterocycles. The monoisotopic (exact) mass is 444 g/mol. The minimum atomic E-state index is 0.112. The fourth-order valence-corrected chi connectivity index (χ4v) is 5.32. The fourth-order valence-electron chi connectivity index (χ4n) is 4.42. The van der Waals surface area contributed by atoms with Gasteiger partial charge in [-0.05, 0) is 25.9 Å². The maximum atomic E-state index is 13.1. The number of carbonyl (C=O) groups excluding carboxylic acids is 1. The number of amides is 1. The lowest BCUT2D eigenvalue weighted by Crippen LogP contribution is -2.51. The number of aromatic nitrogens is 3. The van der Waals surface area contributed by atoms with Gasteiger partial charge in [0.1, 0.15) is 5.82 Å². The van der Waals surface area contributed by atoms with E-state index in [1.807, 2.05) is 19.4 Å². The molecule has 2 aromatic heterocycles. The van der Waals surface area contributed by atoms with Crippen LogP contribution in [-0.2, 0) is 30.3 Å². The average Bonchev–Trinajstić information content (AvgIpc) is 3.38. The smallest absolute Gasteiger partial charge is 0.225 e. The molecule has 2 fully saturated rings. The Morgan fingerprint density at radius 1 is 1.06 bits per heavy atom. The lowest BCUT2D eigenvalue weighted by molar-refractivity contribution is -0.139. The van der Waals surface area contributed by atoms with Gasteiger partial charge in [0.05, 0.1) is 17.2 Å². The Hall–Kier alpha value is -1.77. The number of imidazole rings is 1. The van der Waals surface area contributed by atoms with E-state index < -0.39 is 0 Å². The molecule has 2 aliphatic rings. The van der Waals surface area contributed by atoms with Crippen molar-refractivity contribution in [2.24, 2.45) is 13.0 Å². The van der Waals surface area contributed by atoms with E-state index >= 15 is 0 Å². The second-order valence-corrected chi connectivity index (χ2v) is 10.9. The quantitative estimate of drug-likeness (QED) is 0.710. The number of hydrogen-bond acceptors (Lipinski definition) is 6. The molecule has 0 aromatic carbocycles. The molecule has 0 saturated carbocycles. The van der Waals surface area contributed by atoms with E-state index in [0.29, 0.717) is 5.91 Å². The first-order valence-electron chi connectivity index (χ1n) is 11.4. The molecule has 2 aliphatic heterocycles. The summed E-state index contributed by atoms with van der Waals surface area (Å²) in [5, 5.41) is 3.39. The molecule has 2 saturated heterocycles. The average molecular weight is 445 g/mol. The Bertz CT molecular complexity index is 869. The van der Waals surface area contributed by atoms with Gasteiger partial charge in [-0.25, -0.2) is 9.97 Å². The summed E-state index contributed by atoms with van der Waals surface area (Å²) >= 11 is 1.76. The van der Waals surface area contributed by atoms with E-state index in [0.717, 1.165) is 76.7 Å². The SMILES string of the molecule is Cn1ccnc1CN1CCC(C(=O)N2CCN(Cc3csc(C(C)(C)C)n3)CC2)CC1. The van der Waals surface area contributed by atoms with Gasteiger partial charge < -0.3 is 9.47 Å². The highest BCUT2D eigenvalue weighted by Crippen LogP contribution is 2.26. The van der Waals surface area contributed by atoms with E-state index in [4.69, 9.17) is 4.98 Å². The van der Waals surface area contributed by atoms with E-state index in [-0.39, 0.29) is 11.3 Å². The Kier molecular flexibility index (Phi) is 6.79. The molecule has 0 atom stereocenters. The van der Waals surface area contributed by atoms with E-state index in [1.54, 1.807) is 11.3 Å². The first-order valence-corrected chi connectivity index (χ1v) is 12.3. The van der Waals surface area contributed by atoms with Crippen molar-refractivity contribution in [2.75, 3.05) is 39.3 Å². The van der Waals surface area contributed by atoms with Crippen molar-refractivity contribution in [3.8, 4) is 0 Å². The molecule has 7 nitrogen and oxygen atoms in total. The Morgan fingerprint density at radius 3 is 2.32 bits per heavy atom. The second kappa shape index (κ2) is 9.38. The van der Waals surface area contributed by atoms with Crippen molar-refractivity contribution in [3.05, 3.63) is 34.3 Å². The van der Waals surface area contributed by atoms with Gasteiger partial charge in [0.15, 0.2) is 0 Å². The molecule has 1 amide bonds. The van der Waals surface area contributed by atoms with Gasteiger partial charge in [0.2, 0.25) is 5.91 Å². The van der Waals surface area contributed by atoms with Crippen LogP contribution in [-0.4, -0.2) is 74.4 Å². The van der Waals surface area contributed by atoms with Crippen LogP contribution in [0.15, 0.2) is 17.8 Å². The van der Waals surface area contributed by atoms with Crippen molar-refractivity contribution >= 4 is 17.2 Å². The van der Waals surface area contributed by atoms with Crippen LogP contribution in [0.1, 0.15) is 50.1 Å². The Balaban J connectivity index is 1.21. The molecule has 31 heavy (non-hydrogen) atoms. The molecular formula is C23H36N6OS. The highest BCUT2D eigenvalue weighted by molar-refractivity contribution is 7.09. The molecule has 0 radical (unpaired) electrons. The molecule has 0 bridgehead atoms. The summed E-state index contributed by atoms with van der Waals surface area (Å²) < 4.78 is 2.08. The van der Waals surface area contributed by atoms with Crippen LogP contribution in [0.25, 0.3) is 0 Å². The highest BCUT2D eigenvalue weighted by Gasteiger charge is 2.31. The zero-order chi connectivity index (χ0) is 22.0. The molecule has 8 heteroatoms. The molecule has 0 spiro atoms. The minimum absolute atomic E-state index is 0.112. The van der Waals surface area contributed by atoms with Gasteiger partial charge in [0, 0.05) is 68.9 Å². The van der Waals surface area contributed by atoms with Crippen LogP contribution in [0.3, 0.4) is 0 Å². The summed E-state index contributed by atoms with van der Waals surface area (Å²) in [5.74, 6) is 1.63. The fraction of sp³-hybridized carbons (Fsp3) is 0.696. The van der Waals surface area contributed by atoms with Crippen molar-refractivity contribution < 1.29 is 4.79 Å². The van der Waals surface area contributed by atoms with Crippen LogP contribution < -0.4 is 0 Å². The van der Waals surface area contributed by atoms with Crippen LogP contribution in [0.4, 0.5) is 0 Å². The molecule has 0 aliphatic carbocycles. The number of rotatable bonds is 5.